The Bertz CT molecular complexity index is 233. The molecule has 0 saturated heterocycles. The summed E-state index contributed by atoms with van der Waals surface area (Å²) in [4.78, 5) is 0. The Kier molecular flexibility index (Phi) is 2.73. The van der Waals surface area contributed by atoms with Crippen LogP contribution in [0.15, 0.2) is 5.10 Å². The lowest BCUT2D eigenvalue weighted by molar-refractivity contribution is -0.0694. The van der Waals surface area contributed by atoms with Crippen LogP contribution in [0.1, 0.15) is 0 Å². The third kappa shape index (κ3) is 2.43. The van der Waals surface area contributed by atoms with Crippen LogP contribution in [-0.4, -0.2) is 20.9 Å². The number of hydrazone groups is 1. The summed E-state index contributed by atoms with van der Waals surface area (Å²) in [5, 5.41) is 3.09. The fourth-order valence-electron chi connectivity index (χ4n) is 0.605. The predicted molar refractivity (Wildman–Crippen MR) is 41.9 cm³/mol. The van der Waals surface area contributed by atoms with Crippen LogP contribution in [-0.2, 0) is 0 Å². The SMILES string of the molecule is FC(F)(F)C1=NNNN1C(Cl)(Cl)Cl. The van der Waals surface area contributed by atoms with Gasteiger partial charge >= 0.3 is 6.18 Å². The fourth-order valence-corrected chi connectivity index (χ4v) is 0.971. The van der Waals surface area contributed by atoms with Gasteiger partial charge < -0.3 is 0 Å². The number of rotatable bonds is 0. The third-order valence-corrected chi connectivity index (χ3v) is 1.55. The van der Waals surface area contributed by atoms with Crippen molar-refractivity contribution in [2.75, 3.05) is 0 Å². The molecule has 1 rings (SSSR count). The van der Waals surface area contributed by atoms with Gasteiger partial charge in [0.15, 0.2) is 0 Å². The van der Waals surface area contributed by atoms with Crippen LogP contribution < -0.4 is 11.1 Å². The van der Waals surface area contributed by atoms with E-state index in [1.54, 1.807) is 0 Å². The third-order valence-electron chi connectivity index (χ3n) is 1.04. The fraction of sp³-hybridized carbons (Fsp3) is 0.667. The molecule has 0 aromatic rings. The van der Waals surface area contributed by atoms with Crippen molar-refractivity contribution in [1.82, 2.24) is 16.1 Å². The molecule has 13 heavy (non-hydrogen) atoms. The summed E-state index contributed by atoms with van der Waals surface area (Å²) in [6.45, 7) is 0. The van der Waals surface area contributed by atoms with Gasteiger partial charge in [-0.05, 0) is 0 Å². The summed E-state index contributed by atoms with van der Waals surface area (Å²) in [5.74, 6) is -1.35. The van der Waals surface area contributed by atoms with E-state index >= 15 is 0 Å². The summed E-state index contributed by atoms with van der Waals surface area (Å²) in [6, 6.07) is 0. The standard InChI is InChI=1S/C3H2Cl3F3N4/c4-3(5,6)13-1(2(7,8)9)10-11-12-13/h11-12H. The minimum Gasteiger partial charge on any atom is -0.222 e. The van der Waals surface area contributed by atoms with Crippen molar-refractivity contribution in [1.29, 1.82) is 0 Å². The maximum absolute atomic E-state index is 12.1. The highest BCUT2D eigenvalue weighted by atomic mass is 35.6. The summed E-state index contributed by atoms with van der Waals surface area (Å²) in [7, 11) is 0. The molecule has 0 saturated carbocycles. The van der Waals surface area contributed by atoms with Crippen LogP contribution in [0.3, 0.4) is 0 Å². The van der Waals surface area contributed by atoms with Crippen LogP contribution in [0.25, 0.3) is 0 Å². The number of halogens is 6. The zero-order chi connectivity index (χ0) is 10.3. The van der Waals surface area contributed by atoms with Gasteiger partial charge in [-0.15, -0.1) is 10.6 Å². The monoisotopic (exact) mass is 256 g/mol. The van der Waals surface area contributed by atoms with Gasteiger partial charge in [-0.3, -0.25) is 0 Å². The summed E-state index contributed by atoms with van der Waals surface area (Å²) in [6.07, 6.45) is -4.69. The normalized spacial score (nSPS) is 18.6. The highest BCUT2D eigenvalue weighted by molar-refractivity contribution is 6.67. The highest BCUT2D eigenvalue weighted by Gasteiger charge is 2.49. The van der Waals surface area contributed by atoms with E-state index in [4.69, 9.17) is 34.8 Å². The summed E-state index contributed by atoms with van der Waals surface area (Å²) >= 11 is 15.6. The smallest absolute Gasteiger partial charge is 0.222 e. The van der Waals surface area contributed by atoms with E-state index in [0.29, 0.717) is 0 Å². The maximum Gasteiger partial charge on any atom is 0.452 e. The Morgan fingerprint density at radius 3 is 2.08 bits per heavy atom. The number of alkyl halides is 6. The van der Waals surface area contributed by atoms with Crippen molar-refractivity contribution in [2.45, 2.75) is 10.1 Å². The minimum absolute atomic E-state index is 0.234. The van der Waals surface area contributed by atoms with Crippen LogP contribution >= 0.6 is 34.8 Å². The Hall–Kier alpha value is -0.110. The van der Waals surface area contributed by atoms with Crippen molar-refractivity contribution in [3.8, 4) is 0 Å². The first kappa shape index (κ1) is 11.0. The van der Waals surface area contributed by atoms with E-state index < -0.39 is 15.9 Å². The molecule has 1 heterocycles. The number of nitrogens with one attached hydrogen (secondary N) is 2. The van der Waals surface area contributed by atoms with Gasteiger partial charge in [-0.2, -0.15) is 13.2 Å². The average molecular weight is 257 g/mol. The quantitative estimate of drug-likeness (QED) is 0.510. The van der Waals surface area contributed by atoms with Gasteiger partial charge in [-0.25, -0.2) is 10.5 Å². The van der Waals surface area contributed by atoms with Crippen molar-refractivity contribution < 1.29 is 13.2 Å². The molecule has 1 aliphatic rings. The zero-order valence-corrected chi connectivity index (χ0v) is 7.93. The minimum atomic E-state index is -4.69. The molecule has 2 N–H and O–H groups in total. The van der Waals surface area contributed by atoms with Crippen molar-refractivity contribution in [2.24, 2.45) is 5.10 Å². The van der Waals surface area contributed by atoms with Crippen molar-refractivity contribution in [3.63, 3.8) is 0 Å². The van der Waals surface area contributed by atoms with Gasteiger partial charge in [0.25, 0.3) is 9.75 Å². The second kappa shape index (κ2) is 3.23. The number of hydrogen-bond donors (Lipinski definition) is 2. The van der Waals surface area contributed by atoms with Crippen molar-refractivity contribution in [3.05, 3.63) is 0 Å². The Morgan fingerprint density at radius 1 is 1.23 bits per heavy atom. The van der Waals surface area contributed by atoms with Gasteiger partial charge in [0.1, 0.15) is 0 Å². The van der Waals surface area contributed by atoms with E-state index in [1.165, 1.54) is 0 Å². The largest absolute Gasteiger partial charge is 0.452 e. The molecule has 0 unspecified atom stereocenters. The van der Waals surface area contributed by atoms with E-state index in [2.05, 4.69) is 5.10 Å². The van der Waals surface area contributed by atoms with Crippen molar-refractivity contribution >= 4 is 40.6 Å². The second-order valence-corrected chi connectivity index (χ2v) is 4.18. The van der Waals surface area contributed by atoms with Crippen LogP contribution in [0.2, 0.25) is 0 Å². The molecular formula is C3H2Cl3F3N4. The molecule has 1 aliphatic heterocycles. The Labute approximate surface area is 85.5 Å². The second-order valence-electron chi connectivity index (χ2n) is 1.96. The molecule has 4 nitrogen and oxygen atoms in total. The van der Waals surface area contributed by atoms with Gasteiger partial charge in [0.2, 0.25) is 0 Å². The molecule has 0 aromatic carbocycles. The first-order valence-corrected chi connectivity index (χ1v) is 3.89. The first-order chi connectivity index (χ1) is 5.73. The number of nitrogens with zero attached hydrogens (tertiary/aromatic N) is 2. The molecule has 0 aromatic heterocycles. The maximum atomic E-state index is 12.1. The number of hydrogen-bond acceptors (Lipinski definition) is 4. The molecule has 0 fully saturated rings. The Balaban J connectivity index is 2.87. The molecule has 76 valence electrons. The van der Waals surface area contributed by atoms with E-state index in [0.717, 1.165) is 0 Å². The van der Waals surface area contributed by atoms with Crippen LogP contribution in [0.5, 0.6) is 0 Å². The predicted octanol–water partition coefficient (Wildman–Crippen LogP) is 1.51. The van der Waals surface area contributed by atoms with E-state index in [-0.39, 0.29) is 5.01 Å². The van der Waals surface area contributed by atoms with Gasteiger partial charge in [0.05, 0.1) is 0 Å². The molecule has 0 amide bonds. The molecule has 0 atom stereocenters. The first-order valence-electron chi connectivity index (χ1n) is 2.75. The van der Waals surface area contributed by atoms with E-state index in [9.17, 15) is 13.2 Å². The Morgan fingerprint density at radius 2 is 1.77 bits per heavy atom. The lowest BCUT2D eigenvalue weighted by Gasteiger charge is -2.26. The molecule has 0 aliphatic carbocycles. The number of hydrazine groups is 2. The van der Waals surface area contributed by atoms with Gasteiger partial charge in [0, 0.05) is 0 Å². The molecule has 0 spiro atoms. The summed E-state index contributed by atoms with van der Waals surface area (Å²) in [5.41, 5.74) is 3.74. The average Bonchev–Trinajstić information content (AvgIpc) is 2.27. The number of amidine groups is 1. The molecule has 0 radical (unpaired) electrons. The molecule has 10 heteroatoms. The lowest BCUT2D eigenvalue weighted by Crippen LogP contribution is -2.52. The molecule has 0 bridgehead atoms. The lowest BCUT2D eigenvalue weighted by atomic mass is 10.5. The van der Waals surface area contributed by atoms with Crippen LogP contribution in [0, 0.1) is 0 Å². The zero-order valence-electron chi connectivity index (χ0n) is 5.66. The van der Waals surface area contributed by atoms with Crippen LogP contribution in [0.4, 0.5) is 13.2 Å². The van der Waals surface area contributed by atoms with E-state index in [1.807, 2.05) is 11.1 Å². The highest BCUT2D eigenvalue weighted by Crippen LogP contribution is 2.34. The topological polar surface area (TPSA) is 39.7 Å². The summed E-state index contributed by atoms with van der Waals surface area (Å²) < 4.78 is 34.1. The van der Waals surface area contributed by atoms with Gasteiger partial charge in [-0.1, -0.05) is 34.8 Å². The molecular weight excluding hydrogens is 255 g/mol.